The SMILES string of the molecule is Cc1ccc(C)c(OCCC(=O)NCCCN2CCC(O)CC2)c1. The lowest BCUT2D eigenvalue weighted by atomic mass is 10.1. The summed E-state index contributed by atoms with van der Waals surface area (Å²) < 4.78 is 5.71. The fourth-order valence-corrected chi connectivity index (χ4v) is 2.88. The van der Waals surface area contributed by atoms with Crippen LogP contribution in [0.5, 0.6) is 5.75 Å². The molecule has 1 aliphatic heterocycles. The molecule has 1 aliphatic rings. The molecule has 1 heterocycles. The quantitative estimate of drug-likeness (QED) is 0.714. The van der Waals surface area contributed by atoms with Crippen molar-refractivity contribution >= 4 is 5.91 Å². The van der Waals surface area contributed by atoms with E-state index >= 15 is 0 Å². The maximum Gasteiger partial charge on any atom is 0.223 e. The summed E-state index contributed by atoms with van der Waals surface area (Å²) in [4.78, 5) is 14.2. The fraction of sp³-hybridized carbons (Fsp3) is 0.632. The van der Waals surface area contributed by atoms with Gasteiger partial charge < -0.3 is 20.1 Å². The third-order valence-electron chi connectivity index (χ3n) is 4.46. The standard InChI is InChI=1S/C19H30N2O3/c1-15-4-5-16(2)18(14-15)24-13-8-19(23)20-9-3-10-21-11-6-17(22)7-12-21/h4-5,14,17,22H,3,6-13H2,1-2H3,(H,20,23). The first-order chi connectivity index (χ1) is 11.5. The van der Waals surface area contributed by atoms with Crippen LogP contribution in [0.1, 0.15) is 36.8 Å². The number of hydrogen-bond acceptors (Lipinski definition) is 4. The molecule has 2 rings (SSSR count). The molecular weight excluding hydrogens is 304 g/mol. The molecule has 1 amide bonds. The Morgan fingerprint density at radius 1 is 1.33 bits per heavy atom. The van der Waals surface area contributed by atoms with Gasteiger partial charge in [0.2, 0.25) is 5.91 Å². The highest BCUT2D eigenvalue weighted by atomic mass is 16.5. The predicted molar refractivity (Wildman–Crippen MR) is 95.3 cm³/mol. The number of likely N-dealkylation sites (tertiary alicyclic amines) is 1. The van der Waals surface area contributed by atoms with Crippen LogP contribution in [0, 0.1) is 13.8 Å². The van der Waals surface area contributed by atoms with Crippen LogP contribution < -0.4 is 10.1 Å². The van der Waals surface area contributed by atoms with Gasteiger partial charge in [-0.05, 0) is 56.8 Å². The highest BCUT2D eigenvalue weighted by Crippen LogP contribution is 2.19. The third kappa shape index (κ3) is 6.49. The molecule has 5 nitrogen and oxygen atoms in total. The average Bonchev–Trinajstić information content (AvgIpc) is 2.56. The summed E-state index contributed by atoms with van der Waals surface area (Å²) in [5.41, 5.74) is 2.25. The number of carbonyl (C=O) groups excluding carboxylic acids is 1. The molecule has 0 saturated carbocycles. The van der Waals surface area contributed by atoms with Crippen molar-refractivity contribution in [2.45, 2.75) is 45.6 Å². The van der Waals surface area contributed by atoms with E-state index in [0.29, 0.717) is 19.6 Å². The number of benzene rings is 1. The molecular formula is C19H30N2O3. The monoisotopic (exact) mass is 334 g/mol. The van der Waals surface area contributed by atoms with Crippen LogP contribution >= 0.6 is 0 Å². The molecule has 0 radical (unpaired) electrons. The highest BCUT2D eigenvalue weighted by Gasteiger charge is 2.16. The molecule has 2 N–H and O–H groups in total. The fourth-order valence-electron chi connectivity index (χ4n) is 2.88. The van der Waals surface area contributed by atoms with E-state index in [1.807, 2.05) is 26.0 Å². The average molecular weight is 334 g/mol. The number of carbonyl (C=O) groups is 1. The van der Waals surface area contributed by atoms with Crippen molar-refractivity contribution in [3.63, 3.8) is 0 Å². The Bertz CT molecular complexity index is 525. The van der Waals surface area contributed by atoms with Crippen LogP contribution in [0.3, 0.4) is 0 Å². The zero-order valence-corrected chi connectivity index (χ0v) is 14.9. The Kier molecular flexibility index (Phi) is 7.53. The maximum atomic E-state index is 11.8. The minimum Gasteiger partial charge on any atom is -0.493 e. The van der Waals surface area contributed by atoms with Crippen molar-refractivity contribution in [1.82, 2.24) is 10.2 Å². The van der Waals surface area contributed by atoms with Gasteiger partial charge in [-0.2, -0.15) is 0 Å². The van der Waals surface area contributed by atoms with Gasteiger partial charge in [-0.3, -0.25) is 4.79 Å². The Morgan fingerprint density at radius 2 is 2.08 bits per heavy atom. The van der Waals surface area contributed by atoms with E-state index in [0.717, 1.165) is 55.8 Å². The lowest BCUT2D eigenvalue weighted by Crippen LogP contribution is -2.37. The van der Waals surface area contributed by atoms with Crippen LogP contribution in [0.4, 0.5) is 0 Å². The van der Waals surface area contributed by atoms with E-state index in [2.05, 4.69) is 16.3 Å². The first-order valence-electron chi connectivity index (χ1n) is 8.92. The van der Waals surface area contributed by atoms with Crippen LogP contribution in [0.15, 0.2) is 18.2 Å². The number of hydrogen-bond donors (Lipinski definition) is 2. The molecule has 0 atom stereocenters. The van der Waals surface area contributed by atoms with Crippen molar-refractivity contribution < 1.29 is 14.6 Å². The summed E-state index contributed by atoms with van der Waals surface area (Å²) in [6, 6.07) is 6.09. The Hall–Kier alpha value is -1.59. The van der Waals surface area contributed by atoms with Crippen LogP contribution in [-0.2, 0) is 4.79 Å². The Balaban J connectivity index is 1.54. The molecule has 134 valence electrons. The van der Waals surface area contributed by atoms with E-state index in [9.17, 15) is 9.90 Å². The van der Waals surface area contributed by atoms with Gasteiger partial charge in [-0.1, -0.05) is 12.1 Å². The van der Waals surface area contributed by atoms with Gasteiger partial charge in [0.1, 0.15) is 5.75 Å². The van der Waals surface area contributed by atoms with Crippen LogP contribution in [-0.4, -0.2) is 54.8 Å². The van der Waals surface area contributed by atoms with Gasteiger partial charge in [0.15, 0.2) is 0 Å². The third-order valence-corrected chi connectivity index (χ3v) is 4.46. The second-order valence-corrected chi connectivity index (χ2v) is 6.64. The van der Waals surface area contributed by atoms with Gasteiger partial charge >= 0.3 is 0 Å². The number of rotatable bonds is 8. The molecule has 1 aromatic rings. The number of aliphatic hydroxyl groups excluding tert-OH is 1. The second-order valence-electron chi connectivity index (χ2n) is 6.64. The molecule has 24 heavy (non-hydrogen) atoms. The van der Waals surface area contributed by atoms with Crippen LogP contribution in [0.25, 0.3) is 0 Å². The van der Waals surface area contributed by atoms with Crippen molar-refractivity contribution in [2.75, 3.05) is 32.8 Å². The zero-order chi connectivity index (χ0) is 17.4. The molecule has 1 fully saturated rings. The first-order valence-corrected chi connectivity index (χ1v) is 8.92. The minimum atomic E-state index is -0.127. The van der Waals surface area contributed by atoms with E-state index in [1.165, 1.54) is 0 Å². The normalized spacial score (nSPS) is 16.1. The molecule has 1 saturated heterocycles. The van der Waals surface area contributed by atoms with E-state index in [-0.39, 0.29) is 12.0 Å². The van der Waals surface area contributed by atoms with Crippen molar-refractivity contribution in [3.05, 3.63) is 29.3 Å². The highest BCUT2D eigenvalue weighted by molar-refractivity contribution is 5.75. The van der Waals surface area contributed by atoms with Gasteiger partial charge in [0, 0.05) is 19.6 Å². The van der Waals surface area contributed by atoms with E-state index < -0.39 is 0 Å². The maximum absolute atomic E-state index is 11.8. The van der Waals surface area contributed by atoms with Crippen molar-refractivity contribution in [1.29, 1.82) is 0 Å². The second kappa shape index (κ2) is 9.64. The van der Waals surface area contributed by atoms with E-state index in [4.69, 9.17) is 4.74 Å². The summed E-state index contributed by atoms with van der Waals surface area (Å²) in [6.07, 6.45) is 2.92. The molecule has 0 unspecified atom stereocenters. The minimum absolute atomic E-state index is 0.0365. The van der Waals surface area contributed by atoms with Crippen molar-refractivity contribution in [2.24, 2.45) is 0 Å². The smallest absolute Gasteiger partial charge is 0.223 e. The summed E-state index contributed by atoms with van der Waals surface area (Å²) in [7, 11) is 0. The lowest BCUT2D eigenvalue weighted by Gasteiger charge is -2.29. The molecule has 0 aliphatic carbocycles. The molecule has 1 aromatic carbocycles. The van der Waals surface area contributed by atoms with E-state index in [1.54, 1.807) is 0 Å². The molecule has 0 bridgehead atoms. The zero-order valence-electron chi connectivity index (χ0n) is 14.9. The number of aryl methyl sites for hydroxylation is 2. The molecule has 0 aromatic heterocycles. The lowest BCUT2D eigenvalue weighted by molar-refractivity contribution is -0.121. The largest absolute Gasteiger partial charge is 0.493 e. The summed E-state index contributed by atoms with van der Waals surface area (Å²) in [5.74, 6) is 0.893. The predicted octanol–water partition coefficient (Wildman–Crippen LogP) is 2.04. The van der Waals surface area contributed by atoms with Gasteiger partial charge in [-0.25, -0.2) is 0 Å². The number of nitrogens with zero attached hydrogens (tertiary/aromatic N) is 1. The number of piperidine rings is 1. The van der Waals surface area contributed by atoms with Gasteiger partial charge in [0.25, 0.3) is 0 Å². The number of aliphatic hydroxyl groups is 1. The summed E-state index contributed by atoms with van der Waals surface area (Å²) in [6.45, 7) is 8.03. The Morgan fingerprint density at radius 3 is 2.83 bits per heavy atom. The topological polar surface area (TPSA) is 61.8 Å². The first kappa shape index (κ1) is 18.7. The molecule has 0 spiro atoms. The Labute approximate surface area is 145 Å². The number of nitrogens with one attached hydrogen (secondary N) is 1. The van der Waals surface area contributed by atoms with Gasteiger partial charge in [-0.15, -0.1) is 0 Å². The van der Waals surface area contributed by atoms with Crippen LogP contribution in [0.2, 0.25) is 0 Å². The summed E-state index contributed by atoms with van der Waals surface area (Å²) in [5, 5.41) is 12.4. The van der Waals surface area contributed by atoms with Crippen molar-refractivity contribution in [3.8, 4) is 5.75 Å². The van der Waals surface area contributed by atoms with Gasteiger partial charge in [0.05, 0.1) is 19.1 Å². The molecule has 5 heteroatoms. The number of amides is 1. The summed E-state index contributed by atoms with van der Waals surface area (Å²) >= 11 is 0. The number of ether oxygens (including phenoxy) is 1.